The van der Waals surface area contributed by atoms with E-state index in [-0.39, 0.29) is 6.01 Å². The van der Waals surface area contributed by atoms with Gasteiger partial charge in [0.25, 0.3) is 0 Å². The Kier molecular flexibility index (Phi) is 11.2. The van der Waals surface area contributed by atoms with Crippen LogP contribution >= 0.6 is 15.9 Å². The summed E-state index contributed by atoms with van der Waals surface area (Å²) in [5, 5.41) is 0. The number of hydrogen-bond donors (Lipinski definition) is 0. The van der Waals surface area contributed by atoms with Crippen molar-refractivity contribution < 1.29 is 17.9 Å². The van der Waals surface area contributed by atoms with Crippen molar-refractivity contribution in [1.29, 1.82) is 0 Å². The van der Waals surface area contributed by atoms with E-state index in [1.54, 1.807) is 0 Å². The first kappa shape index (κ1) is 18.5. The minimum atomic E-state index is -4.36. The van der Waals surface area contributed by atoms with E-state index < -0.39 is 12.8 Å². The van der Waals surface area contributed by atoms with Crippen LogP contribution in [0.3, 0.4) is 0 Å². The Labute approximate surface area is 108 Å². The Hall–Kier alpha value is -0.850. The van der Waals surface area contributed by atoms with Crippen molar-refractivity contribution in [3.63, 3.8) is 0 Å². The van der Waals surface area contributed by atoms with Crippen LogP contribution in [0.1, 0.15) is 27.7 Å². The van der Waals surface area contributed by atoms with Gasteiger partial charge in [0.15, 0.2) is 6.61 Å². The number of hydrogen-bond acceptors (Lipinski definition) is 3. The molecule has 1 aromatic rings. The lowest BCUT2D eigenvalue weighted by molar-refractivity contribution is -0.154. The molecule has 1 rings (SSSR count). The highest BCUT2D eigenvalue weighted by atomic mass is 79.9. The van der Waals surface area contributed by atoms with Crippen LogP contribution in [0.5, 0.6) is 6.01 Å². The molecule has 0 aliphatic rings. The molecular formula is C10H16BrF3N2O. The van der Waals surface area contributed by atoms with Gasteiger partial charge in [-0.05, 0) is 15.9 Å². The Morgan fingerprint density at radius 2 is 1.53 bits per heavy atom. The normalized spacial score (nSPS) is 9.41. The molecule has 0 bridgehead atoms. The van der Waals surface area contributed by atoms with Crippen molar-refractivity contribution in [3.8, 4) is 6.01 Å². The average Bonchev–Trinajstić information content (AvgIpc) is 2.33. The second kappa shape index (κ2) is 10.3. The highest BCUT2D eigenvalue weighted by molar-refractivity contribution is 9.10. The smallest absolute Gasteiger partial charge is 0.422 e. The summed E-state index contributed by atoms with van der Waals surface area (Å²) in [6.07, 6.45) is -1.76. The largest absolute Gasteiger partial charge is 0.454 e. The summed E-state index contributed by atoms with van der Waals surface area (Å²) < 4.78 is 39.7. The van der Waals surface area contributed by atoms with Crippen molar-refractivity contribution in [2.75, 3.05) is 6.61 Å². The molecule has 1 aromatic heterocycles. The van der Waals surface area contributed by atoms with Crippen LogP contribution in [-0.4, -0.2) is 22.8 Å². The molecule has 17 heavy (non-hydrogen) atoms. The van der Waals surface area contributed by atoms with Crippen LogP contribution in [-0.2, 0) is 0 Å². The number of rotatable bonds is 2. The minimum absolute atomic E-state index is 0.291. The lowest BCUT2D eigenvalue weighted by Gasteiger charge is -2.06. The summed E-state index contributed by atoms with van der Waals surface area (Å²) in [5.41, 5.74) is 0. The molecule has 1 heterocycles. The first-order chi connectivity index (χ1) is 7.97. The van der Waals surface area contributed by atoms with Crippen LogP contribution < -0.4 is 4.74 Å². The number of ether oxygens (including phenoxy) is 1. The van der Waals surface area contributed by atoms with E-state index in [0.29, 0.717) is 4.47 Å². The van der Waals surface area contributed by atoms with Gasteiger partial charge in [0.1, 0.15) is 0 Å². The number of aromatic nitrogens is 2. The van der Waals surface area contributed by atoms with E-state index in [1.807, 2.05) is 27.7 Å². The first-order valence-corrected chi connectivity index (χ1v) is 5.94. The number of halogens is 4. The molecule has 7 heteroatoms. The number of nitrogens with zero attached hydrogens (tertiary/aromatic N) is 2. The highest BCUT2D eigenvalue weighted by Crippen LogP contribution is 2.16. The van der Waals surface area contributed by atoms with Crippen LogP contribution in [0.15, 0.2) is 16.9 Å². The van der Waals surface area contributed by atoms with Crippen molar-refractivity contribution in [2.45, 2.75) is 33.9 Å². The van der Waals surface area contributed by atoms with E-state index >= 15 is 0 Å². The zero-order valence-electron chi connectivity index (χ0n) is 10.2. The third-order valence-electron chi connectivity index (χ3n) is 0.962. The third kappa shape index (κ3) is 11.4. The Morgan fingerprint density at radius 3 is 1.88 bits per heavy atom. The fourth-order valence-electron chi connectivity index (χ4n) is 0.521. The van der Waals surface area contributed by atoms with E-state index in [9.17, 15) is 13.2 Å². The van der Waals surface area contributed by atoms with Gasteiger partial charge in [-0.25, -0.2) is 9.97 Å². The Bertz CT molecular complexity index is 278. The van der Waals surface area contributed by atoms with Crippen molar-refractivity contribution in [2.24, 2.45) is 0 Å². The molecule has 0 aliphatic carbocycles. The fraction of sp³-hybridized carbons (Fsp3) is 0.600. The van der Waals surface area contributed by atoms with Crippen molar-refractivity contribution in [3.05, 3.63) is 16.9 Å². The quantitative estimate of drug-likeness (QED) is 0.818. The Morgan fingerprint density at radius 1 is 1.12 bits per heavy atom. The van der Waals surface area contributed by atoms with Gasteiger partial charge in [0, 0.05) is 12.4 Å². The molecule has 0 aliphatic heterocycles. The predicted molar refractivity (Wildman–Crippen MR) is 64.0 cm³/mol. The molecule has 0 atom stereocenters. The molecule has 0 spiro atoms. The average molecular weight is 317 g/mol. The fourth-order valence-corrected chi connectivity index (χ4v) is 0.726. The summed E-state index contributed by atoms with van der Waals surface area (Å²) in [5.74, 6) is 0. The highest BCUT2D eigenvalue weighted by Gasteiger charge is 2.28. The number of alkyl halides is 3. The van der Waals surface area contributed by atoms with Gasteiger partial charge < -0.3 is 4.74 Å². The molecule has 0 radical (unpaired) electrons. The maximum Gasteiger partial charge on any atom is 0.422 e. The standard InChI is InChI=1S/C6H4BrF3N2O.2C2H6/c7-4-1-11-5(12-2-4)13-3-6(8,9)10;2*1-2/h1-2H,3H2;2*1-2H3. The van der Waals surface area contributed by atoms with Gasteiger partial charge in [0.05, 0.1) is 4.47 Å². The molecule has 0 fully saturated rings. The monoisotopic (exact) mass is 316 g/mol. The minimum Gasteiger partial charge on any atom is -0.454 e. The summed E-state index contributed by atoms with van der Waals surface area (Å²) in [7, 11) is 0. The summed E-state index contributed by atoms with van der Waals surface area (Å²) in [4.78, 5) is 7.00. The van der Waals surface area contributed by atoms with Gasteiger partial charge in [0.2, 0.25) is 0 Å². The van der Waals surface area contributed by atoms with Gasteiger partial charge in [-0.1, -0.05) is 27.7 Å². The zero-order valence-corrected chi connectivity index (χ0v) is 11.8. The second-order valence-corrected chi connectivity index (χ2v) is 3.00. The Balaban J connectivity index is 0. The van der Waals surface area contributed by atoms with Crippen molar-refractivity contribution in [1.82, 2.24) is 9.97 Å². The predicted octanol–water partition coefficient (Wildman–Crippen LogP) is 4.23. The SMILES string of the molecule is CC.CC.FC(F)(F)COc1ncc(Br)cn1. The first-order valence-electron chi connectivity index (χ1n) is 5.14. The molecular weight excluding hydrogens is 301 g/mol. The van der Waals surface area contributed by atoms with Crippen LogP contribution in [0.4, 0.5) is 13.2 Å². The lowest BCUT2D eigenvalue weighted by Crippen LogP contribution is -2.20. The maximum absolute atomic E-state index is 11.6. The molecule has 0 N–H and O–H groups in total. The molecule has 100 valence electrons. The zero-order chi connectivity index (χ0) is 13.9. The molecule has 0 amide bonds. The molecule has 0 saturated heterocycles. The molecule has 3 nitrogen and oxygen atoms in total. The van der Waals surface area contributed by atoms with E-state index in [4.69, 9.17) is 0 Å². The lowest BCUT2D eigenvalue weighted by atomic mass is 10.7. The molecule has 0 aromatic carbocycles. The van der Waals surface area contributed by atoms with Crippen LogP contribution in [0, 0.1) is 0 Å². The summed E-state index contributed by atoms with van der Waals surface area (Å²) >= 11 is 3.03. The van der Waals surface area contributed by atoms with Gasteiger partial charge in [-0.15, -0.1) is 0 Å². The third-order valence-corrected chi connectivity index (χ3v) is 1.37. The molecule has 0 unspecified atom stereocenters. The van der Waals surface area contributed by atoms with Gasteiger partial charge in [-0.3, -0.25) is 0 Å². The van der Waals surface area contributed by atoms with Gasteiger partial charge >= 0.3 is 12.2 Å². The van der Waals surface area contributed by atoms with Gasteiger partial charge in [-0.2, -0.15) is 13.2 Å². The summed E-state index contributed by atoms with van der Waals surface area (Å²) in [6.45, 7) is 6.62. The van der Waals surface area contributed by atoms with E-state index in [2.05, 4.69) is 30.6 Å². The van der Waals surface area contributed by atoms with Crippen molar-refractivity contribution >= 4 is 15.9 Å². The van der Waals surface area contributed by atoms with Crippen LogP contribution in [0.25, 0.3) is 0 Å². The van der Waals surface area contributed by atoms with Crippen LogP contribution in [0.2, 0.25) is 0 Å². The molecule has 0 saturated carbocycles. The topological polar surface area (TPSA) is 35.0 Å². The maximum atomic E-state index is 11.6. The van der Waals surface area contributed by atoms with E-state index in [1.165, 1.54) is 12.4 Å². The van der Waals surface area contributed by atoms with E-state index in [0.717, 1.165) is 0 Å². The summed E-state index contributed by atoms with van der Waals surface area (Å²) in [6, 6.07) is -0.291. The second-order valence-electron chi connectivity index (χ2n) is 2.09.